The van der Waals surface area contributed by atoms with Crippen molar-refractivity contribution in [2.45, 2.75) is 32.8 Å². The predicted octanol–water partition coefficient (Wildman–Crippen LogP) is 1.21. The minimum atomic E-state index is -0.0658. The number of hydrogen-bond acceptors (Lipinski definition) is 4. The lowest BCUT2D eigenvalue weighted by atomic mass is 10.1. The monoisotopic (exact) mass is 361 g/mol. The van der Waals surface area contributed by atoms with E-state index in [0.717, 1.165) is 25.2 Å². The van der Waals surface area contributed by atoms with E-state index >= 15 is 0 Å². The Morgan fingerprint density at radius 2 is 1.96 bits per heavy atom. The first kappa shape index (κ1) is 20.4. The van der Waals surface area contributed by atoms with Gasteiger partial charge < -0.3 is 15.4 Å². The van der Waals surface area contributed by atoms with Gasteiger partial charge in [0.2, 0.25) is 11.8 Å². The number of rotatable bonds is 9. The number of nitrogens with one attached hydrogen (secondary N) is 2. The number of hydrogen-bond donors (Lipinski definition) is 2. The molecule has 1 saturated heterocycles. The molecular weight excluding hydrogens is 330 g/mol. The minimum absolute atomic E-state index is 0.0409. The number of benzene rings is 1. The molecule has 1 unspecified atom stereocenters. The minimum Gasteiger partial charge on any atom is -0.374 e. The maximum absolute atomic E-state index is 12.0. The van der Waals surface area contributed by atoms with Crippen molar-refractivity contribution in [2.24, 2.45) is 5.92 Å². The molecule has 144 valence electrons. The predicted molar refractivity (Wildman–Crippen MR) is 102 cm³/mol. The molecule has 1 aliphatic heterocycles. The Bertz CT molecular complexity index is 563. The summed E-state index contributed by atoms with van der Waals surface area (Å²) in [5.74, 6) is 0.501. The van der Waals surface area contributed by atoms with Crippen LogP contribution in [0.1, 0.15) is 25.8 Å². The Kier molecular flexibility index (Phi) is 8.58. The van der Waals surface area contributed by atoms with Crippen LogP contribution in [0, 0.1) is 5.92 Å². The van der Waals surface area contributed by atoms with Crippen LogP contribution in [0.3, 0.4) is 0 Å². The van der Waals surface area contributed by atoms with Gasteiger partial charge in [0, 0.05) is 39.1 Å². The summed E-state index contributed by atoms with van der Waals surface area (Å²) in [5.41, 5.74) is 0.967. The molecule has 2 N–H and O–H groups in total. The van der Waals surface area contributed by atoms with E-state index in [0.29, 0.717) is 32.0 Å². The van der Waals surface area contributed by atoms with Gasteiger partial charge in [-0.25, -0.2) is 0 Å². The zero-order chi connectivity index (χ0) is 18.8. The first-order chi connectivity index (χ1) is 12.5. The molecule has 2 amide bonds. The van der Waals surface area contributed by atoms with Gasteiger partial charge in [-0.3, -0.25) is 14.5 Å². The van der Waals surface area contributed by atoms with Gasteiger partial charge in [0.25, 0.3) is 0 Å². The van der Waals surface area contributed by atoms with Crippen molar-refractivity contribution >= 4 is 11.8 Å². The zero-order valence-electron chi connectivity index (χ0n) is 15.9. The number of carbonyl (C=O) groups is 2. The first-order valence-electron chi connectivity index (χ1n) is 9.44. The van der Waals surface area contributed by atoms with Gasteiger partial charge >= 0.3 is 0 Å². The molecule has 2 rings (SSSR count). The third kappa shape index (κ3) is 7.97. The topological polar surface area (TPSA) is 70.7 Å². The van der Waals surface area contributed by atoms with Gasteiger partial charge in [-0.05, 0) is 11.5 Å². The maximum Gasteiger partial charge on any atom is 0.224 e. The normalized spacial score (nSPS) is 17.9. The fourth-order valence-electron chi connectivity index (χ4n) is 3.06. The summed E-state index contributed by atoms with van der Waals surface area (Å²) in [4.78, 5) is 26.2. The molecule has 1 heterocycles. The number of carbonyl (C=O) groups excluding carboxylic acids is 2. The van der Waals surface area contributed by atoms with Gasteiger partial charge in [0.1, 0.15) is 0 Å². The summed E-state index contributed by atoms with van der Waals surface area (Å²) in [6.45, 7) is 8.86. The Hall–Kier alpha value is -1.92. The molecule has 0 spiro atoms. The van der Waals surface area contributed by atoms with Crippen molar-refractivity contribution in [2.75, 3.05) is 39.3 Å². The lowest BCUT2D eigenvalue weighted by molar-refractivity contribution is -0.122. The standard InChI is InChI=1S/C20H31N3O3/c1-16(2)14-23-10-11-26-18(15-23)13-22-19(24)8-9-21-20(25)12-17-6-4-3-5-7-17/h3-7,16,18H,8-15H2,1-2H3,(H,21,25)(H,22,24). The first-order valence-corrected chi connectivity index (χ1v) is 9.44. The molecule has 0 bridgehead atoms. The maximum atomic E-state index is 12.0. The van der Waals surface area contributed by atoms with E-state index in [9.17, 15) is 9.59 Å². The lowest BCUT2D eigenvalue weighted by Gasteiger charge is -2.33. The van der Waals surface area contributed by atoms with Crippen LogP contribution in [0.15, 0.2) is 30.3 Å². The summed E-state index contributed by atoms with van der Waals surface area (Å²) >= 11 is 0. The van der Waals surface area contributed by atoms with Crippen molar-refractivity contribution in [1.29, 1.82) is 0 Å². The zero-order valence-corrected chi connectivity index (χ0v) is 15.9. The Balaban J connectivity index is 1.58. The lowest BCUT2D eigenvalue weighted by Crippen LogP contribution is -2.48. The van der Waals surface area contributed by atoms with E-state index in [1.807, 2.05) is 30.3 Å². The summed E-state index contributed by atoms with van der Waals surface area (Å²) in [6, 6.07) is 9.57. The summed E-state index contributed by atoms with van der Waals surface area (Å²) in [6.07, 6.45) is 0.659. The van der Waals surface area contributed by atoms with Crippen molar-refractivity contribution < 1.29 is 14.3 Å². The van der Waals surface area contributed by atoms with Crippen LogP contribution in [0.2, 0.25) is 0 Å². The molecule has 0 saturated carbocycles. The van der Waals surface area contributed by atoms with Crippen molar-refractivity contribution in [3.8, 4) is 0 Å². The highest BCUT2D eigenvalue weighted by molar-refractivity contribution is 5.80. The smallest absolute Gasteiger partial charge is 0.224 e. The summed E-state index contributed by atoms with van der Waals surface area (Å²) in [5, 5.41) is 5.70. The number of ether oxygens (including phenoxy) is 1. The highest BCUT2D eigenvalue weighted by Gasteiger charge is 2.21. The van der Waals surface area contributed by atoms with E-state index in [1.165, 1.54) is 0 Å². The summed E-state index contributed by atoms with van der Waals surface area (Å²) in [7, 11) is 0. The molecule has 26 heavy (non-hydrogen) atoms. The number of amides is 2. The SMILES string of the molecule is CC(C)CN1CCOC(CNC(=O)CCNC(=O)Cc2ccccc2)C1. The third-order valence-electron chi connectivity index (χ3n) is 4.25. The Morgan fingerprint density at radius 3 is 2.69 bits per heavy atom. The molecule has 1 fully saturated rings. The number of morpholine rings is 1. The molecular formula is C20H31N3O3. The molecule has 0 aliphatic carbocycles. The molecule has 1 aromatic rings. The van der Waals surface area contributed by atoms with E-state index in [2.05, 4.69) is 29.4 Å². The highest BCUT2D eigenvalue weighted by atomic mass is 16.5. The average Bonchev–Trinajstić information content (AvgIpc) is 2.60. The molecule has 6 heteroatoms. The van der Waals surface area contributed by atoms with Gasteiger partial charge in [0.15, 0.2) is 0 Å². The fourth-order valence-corrected chi connectivity index (χ4v) is 3.06. The number of nitrogens with zero attached hydrogens (tertiary/aromatic N) is 1. The molecule has 0 radical (unpaired) electrons. The third-order valence-corrected chi connectivity index (χ3v) is 4.25. The van der Waals surface area contributed by atoms with Crippen LogP contribution in [0.4, 0.5) is 0 Å². The second kappa shape index (κ2) is 10.9. The van der Waals surface area contributed by atoms with E-state index < -0.39 is 0 Å². The van der Waals surface area contributed by atoms with E-state index in [1.54, 1.807) is 0 Å². The highest BCUT2D eigenvalue weighted by Crippen LogP contribution is 2.07. The second-order valence-electron chi connectivity index (χ2n) is 7.21. The van der Waals surface area contributed by atoms with E-state index in [-0.39, 0.29) is 24.3 Å². The van der Waals surface area contributed by atoms with Crippen LogP contribution in [-0.2, 0) is 20.7 Å². The quantitative estimate of drug-likeness (QED) is 0.694. The van der Waals surface area contributed by atoms with Gasteiger partial charge in [0.05, 0.1) is 19.1 Å². The van der Waals surface area contributed by atoms with Crippen LogP contribution >= 0.6 is 0 Å². The average molecular weight is 361 g/mol. The van der Waals surface area contributed by atoms with Crippen molar-refractivity contribution in [1.82, 2.24) is 15.5 Å². The van der Waals surface area contributed by atoms with E-state index in [4.69, 9.17) is 4.74 Å². The van der Waals surface area contributed by atoms with Crippen LogP contribution in [0.5, 0.6) is 0 Å². The van der Waals surface area contributed by atoms with Gasteiger partial charge in [-0.15, -0.1) is 0 Å². The fraction of sp³-hybridized carbons (Fsp3) is 0.600. The van der Waals surface area contributed by atoms with Crippen LogP contribution in [-0.4, -0.2) is 62.1 Å². The summed E-state index contributed by atoms with van der Waals surface area (Å²) < 4.78 is 5.72. The molecule has 6 nitrogen and oxygen atoms in total. The Morgan fingerprint density at radius 1 is 1.19 bits per heavy atom. The van der Waals surface area contributed by atoms with Crippen LogP contribution in [0.25, 0.3) is 0 Å². The van der Waals surface area contributed by atoms with Crippen molar-refractivity contribution in [3.63, 3.8) is 0 Å². The molecule has 1 aromatic carbocycles. The largest absolute Gasteiger partial charge is 0.374 e. The molecule has 1 aliphatic rings. The second-order valence-corrected chi connectivity index (χ2v) is 7.21. The van der Waals surface area contributed by atoms with Crippen molar-refractivity contribution in [3.05, 3.63) is 35.9 Å². The Labute approximate surface area is 156 Å². The molecule has 0 aromatic heterocycles. The van der Waals surface area contributed by atoms with Gasteiger partial charge in [-0.2, -0.15) is 0 Å². The van der Waals surface area contributed by atoms with Crippen LogP contribution < -0.4 is 10.6 Å². The molecule has 1 atom stereocenters. The van der Waals surface area contributed by atoms with Gasteiger partial charge in [-0.1, -0.05) is 44.2 Å².